The summed E-state index contributed by atoms with van der Waals surface area (Å²) >= 11 is 0. The summed E-state index contributed by atoms with van der Waals surface area (Å²) in [6, 6.07) is 31.9. The Morgan fingerprint density at radius 3 is 1.98 bits per heavy atom. The quantitative estimate of drug-likeness (QED) is 0.151. The maximum atomic E-state index is 13.4. The Labute approximate surface area is 276 Å². The van der Waals surface area contributed by atoms with E-state index in [-0.39, 0.29) is 11.0 Å². The summed E-state index contributed by atoms with van der Waals surface area (Å²) in [5.74, 6) is -2.78. The first-order valence-corrected chi connectivity index (χ1v) is 16.5. The van der Waals surface area contributed by atoms with Gasteiger partial charge in [-0.05, 0) is 109 Å². The van der Waals surface area contributed by atoms with E-state index in [9.17, 15) is 8.78 Å². The van der Waals surface area contributed by atoms with Gasteiger partial charge in [-0.3, -0.25) is 0 Å². The predicted molar refractivity (Wildman–Crippen MR) is 191 cm³/mol. The number of allylic oxidation sites excluding steroid dienone is 1. The topological polar surface area (TPSA) is 35.8 Å². The minimum absolute atomic E-state index is 0.0737. The number of rotatable bonds is 13. The second-order valence-corrected chi connectivity index (χ2v) is 12.8. The van der Waals surface area contributed by atoms with Crippen molar-refractivity contribution in [2.24, 2.45) is 0 Å². The average molecular weight is 621 g/mol. The van der Waals surface area contributed by atoms with Crippen LogP contribution in [-0.4, -0.2) is 0 Å². The summed E-state index contributed by atoms with van der Waals surface area (Å²) in [6.45, 7) is 15.7. The first-order valence-electron chi connectivity index (χ1n) is 16.5. The van der Waals surface area contributed by atoms with Gasteiger partial charge in [-0.15, -0.1) is 0 Å². The van der Waals surface area contributed by atoms with Crippen LogP contribution in [0, 0.1) is 25.2 Å². The highest BCUT2D eigenvalue weighted by molar-refractivity contribution is 5.65. The van der Waals surface area contributed by atoms with Crippen LogP contribution in [0.1, 0.15) is 99.6 Å². The number of benzene rings is 4. The molecule has 4 heteroatoms. The highest BCUT2D eigenvalue weighted by Gasteiger charge is 2.26. The molecule has 0 radical (unpaired) electrons. The van der Waals surface area contributed by atoms with Crippen molar-refractivity contribution in [3.05, 3.63) is 137 Å². The van der Waals surface area contributed by atoms with Gasteiger partial charge in [-0.1, -0.05) is 107 Å². The van der Waals surface area contributed by atoms with E-state index in [4.69, 9.17) is 5.26 Å². The van der Waals surface area contributed by atoms with Crippen LogP contribution in [0.25, 0.3) is 11.1 Å². The highest BCUT2D eigenvalue weighted by Crippen LogP contribution is 2.36. The van der Waals surface area contributed by atoms with Crippen LogP contribution in [-0.2, 0) is 17.8 Å². The second-order valence-electron chi connectivity index (χ2n) is 12.8. The summed E-state index contributed by atoms with van der Waals surface area (Å²) in [4.78, 5) is 0. The minimum Gasteiger partial charge on any atom is -0.359 e. The number of anilines is 1. The lowest BCUT2D eigenvalue weighted by Gasteiger charge is -2.30. The molecule has 0 aromatic heterocycles. The maximum absolute atomic E-state index is 13.4. The van der Waals surface area contributed by atoms with Crippen molar-refractivity contribution in [1.82, 2.24) is 0 Å². The molecule has 46 heavy (non-hydrogen) atoms. The summed E-state index contributed by atoms with van der Waals surface area (Å²) in [7, 11) is 0. The molecular formula is C42H50F2N2. The standard InChI is InChI=1S/C30H33F2N.C12H17N/c1-4-19-29(2,20-6-5-8-23-11-15-28(16-12-23)30(3,31)32)27-17-13-25(14-18-27)26-10-7-9-24(21-26)22-33;1-5-11(4)13-12-7-9(2)6-10(3)8-12/h7,9-18,21H,4-6,8,19-20H2,1-3H3;6-8,13H,4-5H2,1-3H3. The van der Waals surface area contributed by atoms with Gasteiger partial charge in [0, 0.05) is 23.9 Å². The molecule has 1 atom stereocenters. The van der Waals surface area contributed by atoms with Gasteiger partial charge < -0.3 is 5.32 Å². The Bertz CT molecular complexity index is 1570. The molecule has 1 N–H and O–H groups in total. The molecule has 0 saturated carbocycles. The Hall–Kier alpha value is -4.23. The molecule has 4 rings (SSSR count). The Morgan fingerprint density at radius 2 is 1.41 bits per heavy atom. The Morgan fingerprint density at radius 1 is 0.783 bits per heavy atom. The molecule has 0 aliphatic carbocycles. The fourth-order valence-electron chi connectivity index (χ4n) is 5.95. The van der Waals surface area contributed by atoms with E-state index in [1.165, 1.54) is 16.7 Å². The van der Waals surface area contributed by atoms with Crippen molar-refractivity contribution in [3.8, 4) is 17.2 Å². The number of aryl methyl sites for hydroxylation is 3. The number of nitrogens with one attached hydrogen (secondary N) is 1. The van der Waals surface area contributed by atoms with Gasteiger partial charge in [0.05, 0.1) is 11.6 Å². The summed E-state index contributed by atoms with van der Waals surface area (Å²) < 4.78 is 26.8. The van der Waals surface area contributed by atoms with E-state index >= 15 is 0 Å². The van der Waals surface area contributed by atoms with Crippen molar-refractivity contribution >= 4 is 5.69 Å². The van der Waals surface area contributed by atoms with Crippen molar-refractivity contribution in [3.63, 3.8) is 0 Å². The summed E-state index contributed by atoms with van der Waals surface area (Å²) in [5, 5.41) is 12.4. The third kappa shape index (κ3) is 11.0. The molecular weight excluding hydrogens is 570 g/mol. The van der Waals surface area contributed by atoms with Gasteiger partial charge in [-0.25, -0.2) is 8.78 Å². The van der Waals surface area contributed by atoms with Gasteiger partial charge in [0.15, 0.2) is 0 Å². The van der Waals surface area contributed by atoms with Crippen molar-refractivity contribution < 1.29 is 8.78 Å². The molecule has 0 aliphatic rings. The van der Waals surface area contributed by atoms with Gasteiger partial charge in [0.1, 0.15) is 0 Å². The van der Waals surface area contributed by atoms with Crippen molar-refractivity contribution in [1.29, 1.82) is 5.26 Å². The monoisotopic (exact) mass is 620 g/mol. The molecule has 0 spiro atoms. The molecule has 0 aliphatic heterocycles. The fraction of sp³-hybridized carbons (Fsp3) is 0.357. The number of hydrogen-bond acceptors (Lipinski definition) is 2. The van der Waals surface area contributed by atoms with Gasteiger partial charge in [0.25, 0.3) is 5.92 Å². The molecule has 0 fully saturated rings. The van der Waals surface area contributed by atoms with Crippen LogP contribution in [0.5, 0.6) is 0 Å². The lowest BCUT2D eigenvalue weighted by Crippen LogP contribution is -2.21. The second kappa shape index (κ2) is 16.9. The van der Waals surface area contributed by atoms with E-state index < -0.39 is 5.92 Å². The molecule has 4 aromatic carbocycles. The molecule has 0 amide bonds. The zero-order chi connectivity index (χ0) is 33.7. The van der Waals surface area contributed by atoms with Crippen LogP contribution in [0.3, 0.4) is 0 Å². The molecule has 2 nitrogen and oxygen atoms in total. The van der Waals surface area contributed by atoms with Crippen molar-refractivity contribution in [2.75, 3.05) is 5.32 Å². The zero-order valence-corrected chi connectivity index (χ0v) is 28.5. The van der Waals surface area contributed by atoms with Crippen LogP contribution < -0.4 is 5.32 Å². The average Bonchev–Trinajstić information content (AvgIpc) is 3.03. The first kappa shape index (κ1) is 36.2. The van der Waals surface area contributed by atoms with Crippen LogP contribution in [0.15, 0.2) is 103 Å². The van der Waals surface area contributed by atoms with Gasteiger partial charge in [-0.2, -0.15) is 5.26 Å². The molecule has 0 saturated heterocycles. The summed E-state index contributed by atoms with van der Waals surface area (Å²) in [5.41, 5.74) is 10.3. The van der Waals surface area contributed by atoms with Crippen LogP contribution >= 0.6 is 0 Å². The number of alkyl halides is 2. The van der Waals surface area contributed by atoms with Crippen molar-refractivity contribution in [2.45, 2.75) is 97.8 Å². The van der Waals surface area contributed by atoms with E-state index in [1.54, 1.807) is 12.1 Å². The van der Waals surface area contributed by atoms with Gasteiger partial charge >= 0.3 is 0 Å². The SMILES string of the molecule is C=C(CC)Nc1cc(C)cc(C)c1.CCCC(C)(CCCCc1ccc(C(C)(F)F)cc1)c1ccc(-c2cccc(C#N)c2)cc1. The lowest BCUT2D eigenvalue weighted by molar-refractivity contribution is 0.0174. The number of halogens is 2. The minimum atomic E-state index is -2.78. The van der Waals surface area contributed by atoms with E-state index in [1.807, 2.05) is 36.4 Å². The third-order valence-electron chi connectivity index (χ3n) is 8.58. The normalized spacial score (nSPS) is 12.3. The number of nitrogens with zero attached hydrogens (tertiary/aromatic N) is 1. The number of nitriles is 1. The van der Waals surface area contributed by atoms with E-state index in [2.05, 4.69) is 95.0 Å². The molecule has 1 unspecified atom stereocenters. The first-order chi connectivity index (χ1) is 21.9. The zero-order valence-electron chi connectivity index (χ0n) is 28.5. The molecule has 4 aromatic rings. The number of unbranched alkanes of at least 4 members (excludes halogenated alkanes) is 1. The smallest absolute Gasteiger partial charge is 0.270 e. The van der Waals surface area contributed by atoms with Crippen LogP contribution in [0.4, 0.5) is 14.5 Å². The Kier molecular flexibility index (Phi) is 13.3. The largest absolute Gasteiger partial charge is 0.359 e. The maximum Gasteiger partial charge on any atom is 0.270 e. The molecule has 0 bridgehead atoms. The Balaban J connectivity index is 0.000000370. The third-order valence-corrected chi connectivity index (χ3v) is 8.58. The summed E-state index contributed by atoms with van der Waals surface area (Å²) in [6.07, 6.45) is 7.34. The van der Waals surface area contributed by atoms with E-state index in [0.29, 0.717) is 5.56 Å². The fourth-order valence-corrected chi connectivity index (χ4v) is 5.95. The molecule has 0 heterocycles. The lowest BCUT2D eigenvalue weighted by atomic mass is 9.74. The van der Waals surface area contributed by atoms with E-state index in [0.717, 1.165) is 79.9 Å². The van der Waals surface area contributed by atoms with Gasteiger partial charge in [0.2, 0.25) is 0 Å². The number of hydrogen-bond donors (Lipinski definition) is 1. The highest BCUT2D eigenvalue weighted by atomic mass is 19.3. The van der Waals surface area contributed by atoms with Crippen LogP contribution in [0.2, 0.25) is 0 Å². The molecule has 242 valence electrons. The predicted octanol–water partition coefficient (Wildman–Crippen LogP) is 12.4.